The smallest absolute Gasteiger partial charge is 0.203 e. The number of fused-ring (bicyclic) bond motifs is 1. The van der Waals surface area contributed by atoms with Gasteiger partial charge in [-0.25, -0.2) is 0 Å². The number of benzene rings is 4. The summed E-state index contributed by atoms with van der Waals surface area (Å²) in [6, 6.07) is 34.2. The van der Waals surface area contributed by atoms with Gasteiger partial charge in [0.15, 0.2) is 11.5 Å². The first-order valence-corrected chi connectivity index (χ1v) is 11.7. The molecule has 0 radical (unpaired) electrons. The van der Waals surface area contributed by atoms with E-state index in [2.05, 4.69) is 94.7 Å². The van der Waals surface area contributed by atoms with Crippen molar-refractivity contribution in [2.24, 2.45) is 0 Å². The van der Waals surface area contributed by atoms with Crippen LogP contribution in [0.25, 0.3) is 0 Å². The van der Waals surface area contributed by atoms with Crippen LogP contribution in [0.5, 0.6) is 17.2 Å². The molecule has 0 aromatic heterocycles. The average Bonchev–Trinajstić information content (AvgIpc) is 3.27. The summed E-state index contributed by atoms with van der Waals surface area (Å²) < 4.78 is 16.7. The minimum atomic E-state index is 0.100. The van der Waals surface area contributed by atoms with Crippen LogP contribution in [0.4, 0.5) is 11.4 Å². The Kier molecular flexibility index (Phi) is 6.49. The lowest BCUT2D eigenvalue weighted by Gasteiger charge is -2.31. The summed E-state index contributed by atoms with van der Waals surface area (Å²) in [7, 11) is 4.93. The van der Waals surface area contributed by atoms with Crippen molar-refractivity contribution in [1.82, 2.24) is 0 Å². The fourth-order valence-corrected chi connectivity index (χ4v) is 4.94. The van der Waals surface area contributed by atoms with Crippen LogP contribution in [0, 0.1) is 0 Å². The molecular formula is C30H30N2O3. The van der Waals surface area contributed by atoms with E-state index in [-0.39, 0.29) is 6.04 Å². The molecule has 1 aliphatic heterocycles. The number of ether oxygens (including phenoxy) is 3. The molecule has 0 saturated carbocycles. The monoisotopic (exact) mass is 466 g/mol. The molecule has 5 nitrogen and oxygen atoms in total. The van der Waals surface area contributed by atoms with E-state index < -0.39 is 0 Å². The van der Waals surface area contributed by atoms with Crippen LogP contribution in [-0.2, 0) is 6.54 Å². The van der Waals surface area contributed by atoms with Crippen molar-refractivity contribution in [3.05, 3.63) is 114 Å². The molecule has 0 unspecified atom stereocenters. The molecule has 4 aromatic carbocycles. The fraction of sp³-hybridized carbons (Fsp3) is 0.200. The Bertz CT molecular complexity index is 1210. The van der Waals surface area contributed by atoms with Crippen LogP contribution in [0.1, 0.15) is 22.7 Å². The summed E-state index contributed by atoms with van der Waals surface area (Å²) in [4.78, 5) is 4.88. The lowest BCUT2D eigenvalue weighted by Crippen LogP contribution is -2.34. The first-order chi connectivity index (χ1) is 17.2. The van der Waals surface area contributed by atoms with E-state index in [4.69, 9.17) is 14.2 Å². The van der Waals surface area contributed by atoms with E-state index in [1.165, 1.54) is 22.5 Å². The summed E-state index contributed by atoms with van der Waals surface area (Å²) in [6.07, 6.45) is 0. The van der Waals surface area contributed by atoms with Crippen molar-refractivity contribution in [1.29, 1.82) is 0 Å². The number of para-hydroxylation sites is 2. The van der Waals surface area contributed by atoms with Crippen molar-refractivity contribution in [3.63, 3.8) is 0 Å². The van der Waals surface area contributed by atoms with Gasteiger partial charge in [-0.15, -0.1) is 0 Å². The summed E-state index contributed by atoms with van der Waals surface area (Å²) >= 11 is 0. The molecule has 0 aliphatic carbocycles. The normalized spacial score (nSPS) is 12.6. The highest BCUT2D eigenvalue weighted by Crippen LogP contribution is 2.44. The summed E-state index contributed by atoms with van der Waals surface area (Å²) in [6.45, 7) is 1.46. The molecule has 35 heavy (non-hydrogen) atoms. The third-order valence-electron chi connectivity index (χ3n) is 6.50. The molecule has 1 heterocycles. The van der Waals surface area contributed by atoms with E-state index in [0.717, 1.165) is 12.2 Å². The maximum absolute atomic E-state index is 5.59. The molecule has 0 saturated heterocycles. The van der Waals surface area contributed by atoms with Gasteiger partial charge in [0.2, 0.25) is 5.75 Å². The minimum absolute atomic E-state index is 0.100. The van der Waals surface area contributed by atoms with Gasteiger partial charge < -0.3 is 24.0 Å². The SMILES string of the molecule is COc1cc(CN2CN(C(c3ccccc3)c3ccccc3)c3ccccc32)cc(OC)c1OC. The molecule has 0 N–H and O–H groups in total. The Morgan fingerprint density at radius 1 is 0.657 bits per heavy atom. The minimum Gasteiger partial charge on any atom is -0.493 e. The number of rotatable bonds is 8. The zero-order valence-corrected chi connectivity index (χ0v) is 20.3. The molecule has 4 aromatic rings. The predicted octanol–water partition coefficient (Wildman–Crippen LogP) is 6.29. The van der Waals surface area contributed by atoms with Crippen LogP contribution in [-0.4, -0.2) is 28.0 Å². The second-order valence-corrected chi connectivity index (χ2v) is 8.56. The van der Waals surface area contributed by atoms with Gasteiger partial charge in [0.1, 0.15) is 0 Å². The highest BCUT2D eigenvalue weighted by atomic mass is 16.5. The standard InChI is InChI=1S/C30H30N2O3/c1-33-27-18-22(19-28(34-2)30(27)35-3)20-31-21-32(26-17-11-10-16-25(26)31)29(23-12-6-4-7-13-23)24-14-8-5-9-15-24/h4-19,29H,20-21H2,1-3H3. The average molecular weight is 467 g/mol. The topological polar surface area (TPSA) is 34.2 Å². The van der Waals surface area contributed by atoms with Gasteiger partial charge in [0.05, 0.1) is 45.4 Å². The summed E-state index contributed by atoms with van der Waals surface area (Å²) in [5.41, 5.74) is 6.05. The molecule has 1 aliphatic rings. The van der Waals surface area contributed by atoms with Crippen molar-refractivity contribution < 1.29 is 14.2 Å². The van der Waals surface area contributed by atoms with Gasteiger partial charge in [0.25, 0.3) is 0 Å². The first-order valence-electron chi connectivity index (χ1n) is 11.7. The molecule has 0 atom stereocenters. The molecule has 0 amide bonds. The molecule has 5 heteroatoms. The predicted molar refractivity (Wildman–Crippen MR) is 141 cm³/mol. The van der Waals surface area contributed by atoms with Crippen molar-refractivity contribution in [3.8, 4) is 17.2 Å². The third kappa shape index (κ3) is 4.37. The lowest BCUT2D eigenvalue weighted by molar-refractivity contribution is 0.324. The first kappa shape index (κ1) is 22.7. The highest BCUT2D eigenvalue weighted by Gasteiger charge is 2.32. The number of nitrogens with zero attached hydrogens (tertiary/aromatic N) is 2. The maximum Gasteiger partial charge on any atom is 0.203 e. The number of hydrogen-bond donors (Lipinski definition) is 0. The molecule has 0 bridgehead atoms. The number of anilines is 2. The lowest BCUT2D eigenvalue weighted by atomic mass is 9.97. The zero-order valence-electron chi connectivity index (χ0n) is 20.3. The summed E-state index contributed by atoms with van der Waals surface area (Å²) in [5.74, 6) is 1.94. The Morgan fingerprint density at radius 3 is 1.69 bits per heavy atom. The van der Waals surface area contributed by atoms with E-state index in [1.54, 1.807) is 21.3 Å². The molecule has 178 valence electrons. The number of hydrogen-bond acceptors (Lipinski definition) is 5. The molecule has 0 fully saturated rings. The van der Waals surface area contributed by atoms with Crippen LogP contribution in [0.2, 0.25) is 0 Å². The van der Waals surface area contributed by atoms with Crippen LogP contribution >= 0.6 is 0 Å². The second-order valence-electron chi connectivity index (χ2n) is 8.56. The van der Waals surface area contributed by atoms with Gasteiger partial charge in [-0.3, -0.25) is 0 Å². The van der Waals surface area contributed by atoms with Crippen molar-refractivity contribution in [2.75, 3.05) is 37.8 Å². The van der Waals surface area contributed by atoms with Gasteiger partial charge >= 0.3 is 0 Å². The van der Waals surface area contributed by atoms with Gasteiger partial charge in [0, 0.05) is 6.54 Å². The largest absolute Gasteiger partial charge is 0.493 e. The van der Waals surface area contributed by atoms with Crippen molar-refractivity contribution >= 4 is 11.4 Å². The summed E-state index contributed by atoms with van der Waals surface area (Å²) in [5, 5.41) is 0. The Balaban J connectivity index is 1.54. The zero-order chi connectivity index (χ0) is 24.2. The van der Waals surface area contributed by atoms with Gasteiger partial charge in [-0.1, -0.05) is 72.8 Å². The van der Waals surface area contributed by atoms with Crippen molar-refractivity contribution in [2.45, 2.75) is 12.6 Å². The van der Waals surface area contributed by atoms with E-state index in [9.17, 15) is 0 Å². The van der Waals surface area contributed by atoms with E-state index >= 15 is 0 Å². The maximum atomic E-state index is 5.59. The Morgan fingerprint density at radius 2 is 1.17 bits per heavy atom. The van der Waals surface area contributed by atoms with Crippen LogP contribution < -0.4 is 24.0 Å². The van der Waals surface area contributed by atoms with Crippen LogP contribution in [0.3, 0.4) is 0 Å². The Hall–Kier alpha value is -4.12. The Labute approximate surface area is 207 Å². The van der Waals surface area contributed by atoms with Gasteiger partial charge in [-0.2, -0.15) is 0 Å². The molecule has 0 spiro atoms. The van der Waals surface area contributed by atoms with E-state index in [1.807, 2.05) is 12.1 Å². The number of methoxy groups -OCH3 is 3. The fourth-order valence-electron chi connectivity index (χ4n) is 4.94. The van der Waals surface area contributed by atoms with Crippen LogP contribution in [0.15, 0.2) is 97.1 Å². The van der Waals surface area contributed by atoms with E-state index in [0.29, 0.717) is 23.8 Å². The highest BCUT2D eigenvalue weighted by molar-refractivity contribution is 5.77. The molecule has 5 rings (SSSR count). The molecular weight excluding hydrogens is 436 g/mol. The van der Waals surface area contributed by atoms with Gasteiger partial charge in [-0.05, 0) is 41.0 Å². The quantitative estimate of drug-likeness (QED) is 0.305. The third-order valence-corrected chi connectivity index (χ3v) is 6.50. The second kappa shape index (κ2) is 10.0.